The van der Waals surface area contributed by atoms with E-state index in [-0.39, 0.29) is 5.91 Å². The van der Waals surface area contributed by atoms with E-state index in [4.69, 9.17) is 5.73 Å². The van der Waals surface area contributed by atoms with Gasteiger partial charge in [-0.05, 0) is 38.8 Å². The van der Waals surface area contributed by atoms with E-state index < -0.39 is 5.54 Å². The first-order valence-corrected chi connectivity index (χ1v) is 7.26. The lowest BCUT2D eigenvalue weighted by molar-refractivity contribution is -0.136. The topological polar surface area (TPSA) is 49.6 Å². The Morgan fingerprint density at radius 3 is 2.30 bits per heavy atom. The number of carbonyl (C=O) groups is 1. The van der Waals surface area contributed by atoms with Crippen molar-refractivity contribution >= 4 is 11.6 Å². The minimum atomic E-state index is -0.766. The van der Waals surface area contributed by atoms with Crippen LogP contribution in [-0.2, 0) is 4.79 Å². The maximum absolute atomic E-state index is 12.2. The monoisotopic (exact) mass is 275 g/mol. The number of piperidine rings is 1. The molecule has 4 nitrogen and oxygen atoms in total. The van der Waals surface area contributed by atoms with Gasteiger partial charge in [0.05, 0.1) is 5.54 Å². The van der Waals surface area contributed by atoms with E-state index in [1.54, 1.807) is 13.8 Å². The number of para-hydroxylation sites is 1. The van der Waals surface area contributed by atoms with Gasteiger partial charge in [-0.1, -0.05) is 18.2 Å². The molecule has 1 amide bonds. The van der Waals surface area contributed by atoms with Crippen LogP contribution in [0.4, 0.5) is 5.69 Å². The van der Waals surface area contributed by atoms with Gasteiger partial charge in [-0.3, -0.25) is 4.79 Å². The van der Waals surface area contributed by atoms with E-state index >= 15 is 0 Å². The quantitative estimate of drug-likeness (QED) is 0.916. The molecule has 0 spiro atoms. The van der Waals surface area contributed by atoms with E-state index in [9.17, 15) is 4.79 Å². The molecule has 0 atom stereocenters. The molecule has 0 saturated carbocycles. The van der Waals surface area contributed by atoms with Gasteiger partial charge in [0.25, 0.3) is 0 Å². The standard InChI is InChI=1S/C16H25N3O/c1-16(2,17)15(20)19-11-9-14(10-12-19)18(3)13-7-5-4-6-8-13/h4-8,14H,9-12,17H2,1-3H3. The summed E-state index contributed by atoms with van der Waals surface area (Å²) in [5.74, 6) is 0.0540. The summed E-state index contributed by atoms with van der Waals surface area (Å²) in [4.78, 5) is 16.4. The van der Waals surface area contributed by atoms with Crippen LogP contribution in [0.1, 0.15) is 26.7 Å². The van der Waals surface area contributed by atoms with E-state index in [0.717, 1.165) is 25.9 Å². The third kappa shape index (κ3) is 3.31. The molecule has 110 valence electrons. The Kier molecular flexibility index (Phi) is 4.33. The van der Waals surface area contributed by atoms with Crippen molar-refractivity contribution in [2.24, 2.45) is 5.73 Å². The highest BCUT2D eigenvalue weighted by molar-refractivity contribution is 5.85. The number of nitrogens with zero attached hydrogens (tertiary/aromatic N) is 2. The smallest absolute Gasteiger partial charge is 0.242 e. The molecule has 1 heterocycles. The molecule has 0 unspecified atom stereocenters. The summed E-state index contributed by atoms with van der Waals surface area (Å²) < 4.78 is 0. The van der Waals surface area contributed by atoms with Crippen LogP contribution in [-0.4, -0.2) is 42.5 Å². The molecule has 20 heavy (non-hydrogen) atoms. The van der Waals surface area contributed by atoms with Gasteiger partial charge in [-0.2, -0.15) is 0 Å². The lowest BCUT2D eigenvalue weighted by atomic mass is 9.99. The third-order valence-corrected chi connectivity index (χ3v) is 4.01. The molecule has 1 saturated heterocycles. The highest BCUT2D eigenvalue weighted by Crippen LogP contribution is 2.22. The van der Waals surface area contributed by atoms with Crippen LogP contribution >= 0.6 is 0 Å². The van der Waals surface area contributed by atoms with Crippen molar-refractivity contribution in [2.75, 3.05) is 25.0 Å². The van der Waals surface area contributed by atoms with Crippen molar-refractivity contribution in [2.45, 2.75) is 38.3 Å². The molecule has 1 fully saturated rings. The number of hydrogen-bond donors (Lipinski definition) is 1. The first-order valence-electron chi connectivity index (χ1n) is 7.26. The Labute approximate surface area is 121 Å². The number of hydrogen-bond acceptors (Lipinski definition) is 3. The highest BCUT2D eigenvalue weighted by Gasteiger charge is 2.31. The van der Waals surface area contributed by atoms with Crippen LogP contribution < -0.4 is 10.6 Å². The van der Waals surface area contributed by atoms with Gasteiger partial charge in [-0.25, -0.2) is 0 Å². The molecule has 1 aliphatic heterocycles. The summed E-state index contributed by atoms with van der Waals surface area (Å²) in [6.07, 6.45) is 1.99. The fourth-order valence-corrected chi connectivity index (χ4v) is 2.74. The second-order valence-corrected chi connectivity index (χ2v) is 6.19. The van der Waals surface area contributed by atoms with E-state index in [1.807, 2.05) is 11.0 Å². The number of anilines is 1. The number of nitrogens with two attached hydrogens (primary N) is 1. The van der Waals surface area contributed by atoms with Crippen molar-refractivity contribution in [3.63, 3.8) is 0 Å². The fourth-order valence-electron chi connectivity index (χ4n) is 2.74. The summed E-state index contributed by atoms with van der Waals surface area (Å²) in [5.41, 5.74) is 6.36. The summed E-state index contributed by atoms with van der Waals surface area (Å²) in [6.45, 7) is 5.14. The van der Waals surface area contributed by atoms with E-state index in [0.29, 0.717) is 6.04 Å². The number of likely N-dealkylation sites (tertiary alicyclic amines) is 1. The largest absolute Gasteiger partial charge is 0.371 e. The second kappa shape index (κ2) is 5.83. The molecule has 1 aromatic rings. The molecule has 0 radical (unpaired) electrons. The van der Waals surface area contributed by atoms with E-state index in [2.05, 4.69) is 36.2 Å². The van der Waals surface area contributed by atoms with Gasteiger partial charge < -0.3 is 15.5 Å². The van der Waals surface area contributed by atoms with Crippen molar-refractivity contribution < 1.29 is 4.79 Å². The zero-order valence-corrected chi connectivity index (χ0v) is 12.7. The lowest BCUT2D eigenvalue weighted by Gasteiger charge is -2.39. The second-order valence-electron chi connectivity index (χ2n) is 6.19. The Morgan fingerprint density at radius 1 is 1.25 bits per heavy atom. The van der Waals surface area contributed by atoms with Gasteiger partial charge >= 0.3 is 0 Å². The zero-order valence-electron chi connectivity index (χ0n) is 12.7. The van der Waals surface area contributed by atoms with Crippen molar-refractivity contribution in [3.8, 4) is 0 Å². The Morgan fingerprint density at radius 2 is 1.80 bits per heavy atom. The first-order chi connectivity index (χ1) is 9.39. The molecule has 0 bridgehead atoms. The van der Waals surface area contributed by atoms with Gasteiger partial charge in [0.1, 0.15) is 0 Å². The van der Waals surface area contributed by atoms with Crippen LogP contribution in [0.5, 0.6) is 0 Å². The maximum Gasteiger partial charge on any atom is 0.242 e. The van der Waals surface area contributed by atoms with Crippen molar-refractivity contribution in [3.05, 3.63) is 30.3 Å². The lowest BCUT2D eigenvalue weighted by Crippen LogP contribution is -2.55. The minimum Gasteiger partial charge on any atom is -0.371 e. The maximum atomic E-state index is 12.2. The predicted molar refractivity (Wildman–Crippen MR) is 82.7 cm³/mol. The normalized spacial score (nSPS) is 17.1. The van der Waals surface area contributed by atoms with Crippen LogP contribution in [0.15, 0.2) is 30.3 Å². The average Bonchev–Trinajstić information content (AvgIpc) is 2.46. The van der Waals surface area contributed by atoms with Crippen LogP contribution in [0.2, 0.25) is 0 Å². The minimum absolute atomic E-state index is 0.0540. The summed E-state index contributed by atoms with van der Waals surface area (Å²) in [6, 6.07) is 10.9. The number of amides is 1. The van der Waals surface area contributed by atoms with Gasteiger partial charge in [0.15, 0.2) is 0 Å². The highest BCUT2D eigenvalue weighted by atomic mass is 16.2. The summed E-state index contributed by atoms with van der Waals surface area (Å²) >= 11 is 0. The summed E-state index contributed by atoms with van der Waals surface area (Å²) in [7, 11) is 2.13. The first kappa shape index (κ1) is 14.9. The predicted octanol–water partition coefficient (Wildman–Crippen LogP) is 1.85. The van der Waals surface area contributed by atoms with Crippen LogP contribution in [0.25, 0.3) is 0 Å². The number of benzene rings is 1. The molecule has 1 aromatic carbocycles. The van der Waals surface area contributed by atoms with Crippen molar-refractivity contribution in [1.82, 2.24) is 4.90 Å². The van der Waals surface area contributed by atoms with Gasteiger partial charge in [-0.15, -0.1) is 0 Å². The molecular formula is C16H25N3O. The molecule has 0 aliphatic carbocycles. The molecule has 4 heteroatoms. The summed E-state index contributed by atoms with van der Waals surface area (Å²) in [5, 5.41) is 0. The molecule has 0 aromatic heterocycles. The fraction of sp³-hybridized carbons (Fsp3) is 0.562. The average molecular weight is 275 g/mol. The molecular weight excluding hydrogens is 250 g/mol. The molecule has 2 N–H and O–H groups in total. The Bertz CT molecular complexity index is 445. The van der Waals surface area contributed by atoms with Crippen LogP contribution in [0.3, 0.4) is 0 Å². The van der Waals surface area contributed by atoms with Crippen LogP contribution in [0, 0.1) is 0 Å². The Hall–Kier alpha value is -1.55. The SMILES string of the molecule is CN(c1ccccc1)C1CCN(C(=O)C(C)(C)N)CC1. The van der Waals surface area contributed by atoms with Gasteiger partial charge in [0.2, 0.25) is 5.91 Å². The van der Waals surface area contributed by atoms with E-state index in [1.165, 1.54) is 5.69 Å². The third-order valence-electron chi connectivity index (χ3n) is 4.01. The van der Waals surface area contributed by atoms with Gasteiger partial charge in [0, 0.05) is 31.9 Å². The zero-order chi connectivity index (χ0) is 14.8. The molecule has 1 aliphatic rings. The number of carbonyl (C=O) groups excluding carboxylic acids is 1. The Balaban J connectivity index is 1.93. The number of rotatable bonds is 3. The van der Waals surface area contributed by atoms with Crippen molar-refractivity contribution in [1.29, 1.82) is 0 Å². The molecule has 2 rings (SSSR count).